The van der Waals surface area contributed by atoms with Gasteiger partial charge in [-0.25, -0.2) is 4.39 Å². The molecule has 0 aromatic heterocycles. The van der Waals surface area contributed by atoms with E-state index in [0.717, 1.165) is 6.42 Å². The number of carbonyl (C=O) groups is 1. The minimum atomic E-state index is -1.57. The summed E-state index contributed by atoms with van der Waals surface area (Å²) in [7, 11) is 0. The predicted molar refractivity (Wildman–Crippen MR) is 49.6 cm³/mol. The molecule has 0 radical (unpaired) electrons. The smallest absolute Gasteiger partial charge is 0.308 e. The molecule has 0 aliphatic heterocycles. The molecule has 82 valence electrons. The van der Waals surface area contributed by atoms with Crippen molar-refractivity contribution in [3.63, 3.8) is 0 Å². The molecule has 14 heavy (non-hydrogen) atoms. The van der Waals surface area contributed by atoms with Gasteiger partial charge in [0.1, 0.15) is 11.3 Å². The monoisotopic (exact) mass is 204 g/mol. The van der Waals surface area contributed by atoms with Crippen LogP contribution in [0.4, 0.5) is 4.39 Å². The van der Waals surface area contributed by atoms with Crippen LogP contribution in [0.2, 0.25) is 0 Å². The van der Waals surface area contributed by atoms with Crippen molar-refractivity contribution in [2.75, 3.05) is 6.61 Å². The molecule has 1 aliphatic carbocycles. The summed E-state index contributed by atoms with van der Waals surface area (Å²) in [5.74, 6) is -0.527. The van der Waals surface area contributed by atoms with Crippen LogP contribution in [0.1, 0.15) is 39.5 Å². The van der Waals surface area contributed by atoms with Gasteiger partial charge in [-0.1, -0.05) is 6.92 Å². The van der Waals surface area contributed by atoms with Crippen molar-refractivity contribution in [3.8, 4) is 0 Å². The number of halogens is 1. The molecular formula is C10H17FO3. The predicted octanol–water partition coefficient (Wildman–Crippen LogP) is 1.58. The topological polar surface area (TPSA) is 46.5 Å². The third-order valence-electron chi connectivity index (χ3n) is 2.61. The van der Waals surface area contributed by atoms with Crippen LogP contribution >= 0.6 is 0 Å². The molecule has 0 aromatic carbocycles. The van der Waals surface area contributed by atoms with Crippen molar-refractivity contribution < 1.29 is 19.0 Å². The normalized spacial score (nSPS) is 22.6. The number of hydrogen-bond donors (Lipinski definition) is 1. The van der Waals surface area contributed by atoms with Crippen molar-refractivity contribution in [3.05, 3.63) is 0 Å². The van der Waals surface area contributed by atoms with Gasteiger partial charge in [-0.15, -0.1) is 0 Å². The third kappa shape index (κ3) is 2.44. The fourth-order valence-corrected chi connectivity index (χ4v) is 1.35. The number of hydrogen-bond acceptors (Lipinski definition) is 3. The highest BCUT2D eigenvalue weighted by Crippen LogP contribution is 2.49. The highest BCUT2D eigenvalue weighted by molar-refractivity contribution is 5.71. The molecule has 1 unspecified atom stereocenters. The molecule has 0 spiro atoms. The molecule has 1 atom stereocenters. The van der Waals surface area contributed by atoms with Crippen LogP contribution < -0.4 is 0 Å². The second-order valence-corrected chi connectivity index (χ2v) is 4.14. The lowest BCUT2D eigenvalue weighted by Gasteiger charge is -2.26. The number of ether oxygens (including phenoxy) is 1. The van der Waals surface area contributed by atoms with E-state index in [-0.39, 0.29) is 6.42 Å². The van der Waals surface area contributed by atoms with Crippen molar-refractivity contribution in [2.24, 2.45) is 0 Å². The van der Waals surface area contributed by atoms with Gasteiger partial charge in [-0.3, -0.25) is 4.79 Å². The molecule has 0 amide bonds. The first kappa shape index (κ1) is 11.4. The van der Waals surface area contributed by atoms with Crippen LogP contribution in [-0.2, 0) is 9.53 Å². The van der Waals surface area contributed by atoms with Crippen molar-refractivity contribution >= 4 is 5.97 Å². The minimum Gasteiger partial charge on any atom is -0.466 e. The number of carbonyl (C=O) groups excluding carboxylic acids is 1. The zero-order valence-electron chi connectivity index (χ0n) is 8.68. The van der Waals surface area contributed by atoms with Crippen LogP contribution in [-0.4, -0.2) is 29.0 Å². The van der Waals surface area contributed by atoms with Crippen molar-refractivity contribution in [1.82, 2.24) is 0 Å². The molecule has 4 heteroatoms. The summed E-state index contributed by atoms with van der Waals surface area (Å²) in [4.78, 5) is 11.1. The van der Waals surface area contributed by atoms with Gasteiger partial charge in [0, 0.05) is 0 Å². The lowest BCUT2D eigenvalue weighted by Crippen LogP contribution is -2.40. The summed E-state index contributed by atoms with van der Waals surface area (Å²) < 4.78 is 18.3. The zero-order chi connectivity index (χ0) is 10.8. The standard InChI is InChI=1S/C10H17FO3/c1-3-6-14-8(12)7-9(2,13)10(11)4-5-10/h13H,3-7H2,1-2H3. The average Bonchev–Trinajstić information content (AvgIpc) is 2.81. The molecule has 0 bridgehead atoms. The molecule has 0 heterocycles. The molecule has 3 nitrogen and oxygen atoms in total. The Labute approximate surface area is 83.3 Å². The molecule has 1 fully saturated rings. The van der Waals surface area contributed by atoms with Crippen LogP contribution in [0, 0.1) is 0 Å². The second kappa shape index (κ2) is 3.85. The van der Waals surface area contributed by atoms with E-state index >= 15 is 0 Å². The fraction of sp³-hybridized carbons (Fsp3) is 0.900. The van der Waals surface area contributed by atoms with E-state index < -0.39 is 17.2 Å². The second-order valence-electron chi connectivity index (χ2n) is 4.14. The van der Waals surface area contributed by atoms with E-state index in [0.29, 0.717) is 19.4 Å². The molecule has 0 aromatic rings. The quantitative estimate of drug-likeness (QED) is 0.692. The SMILES string of the molecule is CCCOC(=O)CC(C)(O)C1(F)CC1. The van der Waals surface area contributed by atoms with Gasteiger partial charge in [0.25, 0.3) is 0 Å². The highest BCUT2D eigenvalue weighted by atomic mass is 19.1. The lowest BCUT2D eigenvalue weighted by molar-refractivity contribution is -0.152. The minimum absolute atomic E-state index is 0.260. The maximum absolute atomic E-state index is 13.5. The lowest BCUT2D eigenvalue weighted by atomic mass is 9.94. The van der Waals surface area contributed by atoms with Gasteiger partial charge in [-0.2, -0.15) is 0 Å². The Bertz CT molecular complexity index is 221. The van der Waals surface area contributed by atoms with Gasteiger partial charge in [0.05, 0.1) is 13.0 Å². The Kier molecular flexibility index (Phi) is 3.14. The Morgan fingerprint density at radius 3 is 2.64 bits per heavy atom. The summed E-state index contributed by atoms with van der Waals surface area (Å²) in [5.41, 5.74) is -3.14. The summed E-state index contributed by atoms with van der Waals surface area (Å²) >= 11 is 0. The zero-order valence-corrected chi connectivity index (χ0v) is 8.68. The van der Waals surface area contributed by atoms with E-state index in [1.54, 1.807) is 0 Å². The largest absolute Gasteiger partial charge is 0.466 e. The number of alkyl halides is 1. The van der Waals surface area contributed by atoms with E-state index in [4.69, 9.17) is 4.74 Å². The summed E-state index contributed by atoms with van der Waals surface area (Å²) in [6.07, 6.45) is 1.14. The third-order valence-corrected chi connectivity index (χ3v) is 2.61. The molecule has 0 saturated heterocycles. The molecule has 1 rings (SSSR count). The van der Waals surface area contributed by atoms with Crippen LogP contribution in [0.3, 0.4) is 0 Å². The van der Waals surface area contributed by atoms with E-state index in [9.17, 15) is 14.3 Å². The molecule has 1 aliphatic rings. The van der Waals surface area contributed by atoms with Crippen LogP contribution in [0.5, 0.6) is 0 Å². The highest BCUT2D eigenvalue weighted by Gasteiger charge is 2.58. The van der Waals surface area contributed by atoms with Gasteiger partial charge >= 0.3 is 5.97 Å². The Morgan fingerprint density at radius 1 is 1.64 bits per heavy atom. The summed E-state index contributed by atoms with van der Waals surface area (Å²) in [5, 5.41) is 9.71. The summed E-state index contributed by atoms with van der Waals surface area (Å²) in [6, 6.07) is 0. The number of rotatable bonds is 5. The molecule has 1 saturated carbocycles. The number of esters is 1. The van der Waals surface area contributed by atoms with Crippen molar-refractivity contribution in [2.45, 2.75) is 50.8 Å². The average molecular weight is 204 g/mol. The first-order valence-electron chi connectivity index (χ1n) is 4.98. The first-order chi connectivity index (χ1) is 6.41. The fourth-order valence-electron chi connectivity index (χ4n) is 1.35. The maximum atomic E-state index is 13.5. The van der Waals surface area contributed by atoms with Crippen molar-refractivity contribution in [1.29, 1.82) is 0 Å². The van der Waals surface area contributed by atoms with E-state index in [1.807, 2.05) is 6.92 Å². The van der Waals surface area contributed by atoms with Crippen LogP contribution in [0.15, 0.2) is 0 Å². The Morgan fingerprint density at radius 2 is 2.21 bits per heavy atom. The van der Waals surface area contributed by atoms with Gasteiger partial charge in [0.2, 0.25) is 0 Å². The van der Waals surface area contributed by atoms with Crippen LogP contribution in [0.25, 0.3) is 0 Å². The van der Waals surface area contributed by atoms with E-state index in [1.165, 1.54) is 6.92 Å². The number of aliphatic hydroxyl groups is 1. The Hall–Kier alpha value is -0.640. The molecule has 1 N–H and O–H groups in total. The van der Waals surface area contributed by atoms with Gasteiger partial charge in [-0.05, 0) is 26.2 Å². The Balaban J connectivity index is 2.38. The van der Waals surface area contributed by atoms with E-state index in [2.05, 4.69) is 0 Å². The maximum Gasteiger partial charge on any atom is 0.308 e. The molecular weight excluding hydrogens is 187 g/mol. The van der Waals surface area contributed by atoms with Gasteiger partial charge in [0.15, 0.2) is 0 Å². The first-order valence-corrected chi connectivity index (χ1v) is 4.98. The van der Waals surface area contributed by atoms with Gasteiger partial charge < -0.3 is 9.84 Å². The summed E-state index contributed by atoms with van der Waals surface area (Å²) in [6.45, 7) is 3.56.